The van der Waals surface area contributed by atoms with Crippen LogP contribution in [-0.2, 0) is 0 Å². The highest BCUT2D eigenvalue weighted by atomic mass is 16.1. The van der Waals surface area contributed by atoms with Gasteiger partial charge in [0.05, 0.1) is 6.04 Å². The fraction of sp³-hybridized carbons (Fsp3) is 0.353. The molecular formula is C17H20N2O. The number of aromatic nitrogens is 1. The summed E-state index contributed by atoms with van der Waals surface area (Å²) in [6.45, 7) is 4.03. The molecule has 0 radical (unpaired) electrons. The molecular weight excluding hydrogens is 248 g/mol. The summed E-state index contributed by atoms with van der Waals surface area (Å²) in [5, 5.41) is 0. The number of nitrogens with zero attached hydrogens (tertiary/aromatic N) is 1. The van der Waals surface area contributed by atoms with Crippen molar-refractivity contribution in [3.8, 4) is 0 Å². The summed E-state index contributed by atoms with van der Waals surface area (Å²) in [4.78, 5) is 12.6. The van der Waals surface area contributed by atoms with Crippen molar-refractivity contribution in [3.05, 3.63) is 69.1 Å². The molecule has 1 aliphatic carbocycles. The molecule has 3 nitrogen and oxygen atoms in total. The number of hydrogen-bond donors (Lipinski definition) is 1. The number of rotatable bonds is 3. The Kier molecular flexibility index (Phi) is 3.22. The molecule has 0 amide bonds. The summed E-state index contributed by atoms with van der Waals surface area (Å²) in [6.07, 6.45) is 2.20. The third kappa shape index (κ3) is 2.29. The predicted octanol–water partition coefficient (Wildman–Crippen LogP) is 2.85. The maximum absolute atomic E-state index is 12.6. The Morgan fingerprint density at radius 1 is 1.10 bits per heavy atom. The lowest BCUT2D eigenvalue weighted by atomic mass is 9.99. The Bertz CT molecular complexity index is 681. The highest BCUT2D eigenvalue weighted by molar-refractivity contribution is 5.32. The highest BCUT2D eigenvalue weighted by Gasteiger charge is 2.27. The number of benzene rings is 1. The zero-order chi connectivity index (χ0) is 14.3. The van der Waals surface area contributed by atoms with Crippen LogP contribution in [0.5, 0.6) is 0 Å². The van der Waals surface area contributed by atoms with Crippen LogP contribution in [0.25, 0.3) is 0 Å². The molecule has 1 aromatic heterocycles. The molecule has 1 fully saturated rings. The molecule has 1 unspecified atom stereocenters. The molecule has 3 rings (SSSR count). The van der Waals surface area contributed by atoms with Crippen LogP contribution >= 0.6 is 0 Å². The van der Waals surface area contributed by atoms with Crippen LogP contribution in [0, 0.1) is 13.8 Å². The number of hydrogen-bond acceptors (Lipinski definition) is 2. The lowest BCUT2D eigenvalue weighted by Gasteiger charge is -2.16. The minimum Gasteiger partial charge on any atom is -0.320 e. The molecule has 1 atom stereocenters. The maximum Gasteiger partial charge on any atom is 0.256 e. The van der Waals surface area contributed by atoms with Gasteiger partial charge in [0.2, 0.25) is 0 Å². The van der Waals surface area contributed by atoms with Crippen LogP contribution in [-0.4, -0.2) is 4.57 Å². The van der Waals surface area contributed by atoms with Gasteiger partial charge >= 0.3 is 0 Å². The number of nitrogens with two attached hydrogens (primary N) is 1. The zero-order valence-electron chi connectivity index (χ0n) is 12.0. The van der Waals surface area contributed by atoms with Crippen molar-refractivity contribution in [2.24, 2.45) is 5.73 Å². The van der Waals surface area contributed by atoms with Crippen LogP contribution in [0.2, 0.25) is 0 Å². The average Bonchev–Trinajstić information content (AvgIpc) is 3.24. The molecule has 2 N–H and O–H groups in total. The molecule has 1 saturated carbocycles. The van der Waals surface area contributed by atoms with Gasteiger partial charge in [0.15, 0.2) is 0 Å². The third-order valence-corrected chi connectivity index (χ3v) is 4.03. The van der Waals surface area contributed by atoms with Crippen molar-refractivity contribution in [2.45, 2.75) is 38.8 Å². The van der Waals surface area contributed by atoms with Gasteiger partial charge in [-0.2, -0.15) is 0 Å². The van der Waals surface area contributed by atoms with E-state index >= 15 is 0 Å². The normalized spacial score (nSPS) is 16.1. The Balaban J connectivity index is 2.03. The van der Waals surface area contributed by atoms with E-state index in [1.54, 1.807) is 0 Å². The van der Waals surface area contributed by atoms with Crippen LogP contribution in [0.15, 0.2) is 41.2 Å². The molecule has 1 aliphatic rings. The van der Waals surface area contributed by atoms with Crippen LogP contribution in [0.1, 0.15) is 47.3 Å². The number of aryl methyl sites for hydroxylation is 2. The Morgan fingerprint density at radius 2 is 1.75 bits per heavy atom. The van der Waals surface area contributed by atoms with E-state index in [1.165, 1.54) is 5.56 Å². The molecule has 20 heavy (non-hydrogen) atoms. The Morgan fingerprint density at radius 3 is 2.35 bits per heavy atom. The largest absolute Gasteiger partial charge is 0.320 e. The van der Waals surface area contributed by atoms with Crippen molar-refractivity contribution in [2.75, 3.05) is 0 Å². The van der Waals surface area contributed by atoms with Crippen molar-refractivity contribution in [1.82, 2.24) is 4.57 Å². The van der Waals surface area contributed by atoms with Gasteiger partial charge in [0.25, 0.3) is 5.56 Å². The molecule has 0 spiro atoms. The molecule has 0 aliphatic heterocycles. The second kappa shape index (κ2) is 4.91. The van der Waals surface area contributed by atoms with Crippen LogP contribution < -0.4 is 11.3 Å². The van der Waals surface area contributed by atoms with Crippen molar-refractivity contribution >= 4 is 0 Å². The molecule has 2 aromatic rings. The van der Waals surface area contributed by atoms with Gasteiger partial charge in [-0.25, -0.2) is 0 Å². The van der Waals surface area contributed by atoms with Gasteiger partial charge in [0, 0.05) is 17.3 Å². The predicted molar refractivity (Wildman–Crippen MR) is 80.9 cm³/mol. The van der Waals surface area contributed by atoms with E-state index in [9.17, 15) is 4.79 Å². The standard InChI is InChI=1S/C17H20N2O/c1-11-3-6-13(7-4-11)16(18)15-10-5-12(2)19(17(15)20)14-8-9-14/h3-7,10,14,16H,8-9,18H2,1-2H3. The summed E-state index contributed by atoms with van der Waals surface area (Å²) < 4.78 is 1.91. The van der Waals surface area contributed by atoms with Crippen molar-refractivity contribution in [3.63, 3.8) is 0 Å². The highest BCUT2D eigenvalue weighted by Crippen LogP contribution is 2.34. The summed E-state index contributed by atoms with van der Waals surface area (Å²) >= 11 is 0. The zero-order valence-corrected chi connectivity index (χ0v) is 12.0. The monoisotopic (exact) mass is 268 g/mol. The van der Waals surface area contributed by atoms with E-state index in [4.69, 9.17) is 5.73 Å². The first kappa shape index (κ1) is 13.1. The quantitative estimate of drug-likeness (QED) is 0.930. The molecule has 0 bridgehead atoms. The summed E-state index contributed by atoms with van der Waals surface area (Å²) in [5.74, 6) is 0. The molecule has 104 valence electrons. The van der Waals surface area contributed by atoms with E-state index in [2.05, 4.69) is 0 Å². The lowest BCUT2D eigenvalue weighted by Crippen LogP contribution is -2.29. The smallest absolute Gasteiger partial charge is 0.256 e. The fourth-order valence-corrected chi connectivity index (χ4v) is 2.64. The van der Waals surface area contributed by atoms with Crippen molar-refractivity contribution in [1.29, 1.82) is 0 Å². The van der Waals surface area contributed by atoms with Crippen LogP contribution in [0.4, 0.5) is 0 Å². The average molecular weight is 268 g/mol. The van der Waals surface area contributed by atoms with Gasteiger partial charge in [-0.15, -0.1) is 0 Å². The van der Waals surface area contributed by atoms with Gasteiger partial charge < -0.3 is 10.3 Å². The minimum absolute atomic E-state index is 0.0700. The lowest BCUT2D eigenvalue weighted by molar-refractivity contribution is 0.662. The number of pyridine rings is 1. The van der Waals surface area contributed by atoms with E-state index in [0.29, 0.717) is 11.6 Å². The first-order chi connectivity index (χ1) is 9.58. The molecule has 1 aromatic carbocycles. The summed E-state index contributed by atoms with van der Waals surface area (Å²) in [5.41, 5.74) is 10.3. The molecule has 3 heteroatoms. The third-order valence-electron chi connectivity index (χ3n) is 4.03. The minimum atomic E-state index is -0.353. The van der Waals surface area contributed by atoms with E-state index < -0.39 is 0 Å². The molecule has 0 saturated heterocycles. The molecule has 1 heterocycles. The second-order valence-electron chi connectivity index (χ2n) is 5.72. The fourth-order valence-electron chi connectivity index (χ4n) is 2.64. The SMILES string of the molecule is Cc1ccc(C(N)c2ccc(C)n(C3CC3)c2=O)cc1. The van der Waals surface area contributed by atoms with Gasteiger partial charge in [-0.05, 0) is 44.4 Å². The van der Waals surface area contributed by atoms with E-state index in [-0.39, 0.29) is 11.6 Å². The Labute approximate surface area is 119 Å². The maximum atomic E-state index is 12.6. The van der Waals surface area contributed by atoms with Gasteiger partial charge in [-0.3, -0.25) is 4.79 Å². The van der Waals surface area contributed by atoms with Gasteiger partial charge in [-0.1, -0.05) is 29.8 Å². The topological polar surface area (TPSA) is 48.0 Å². The summed E-state index contributed by atoms with van der Waals surface area (Å²) in [6, 6.07) is 12.0. The van der Waals surface area contributed by atoms with Crippen LogP contribution in [0.3, 0.4) is 0 Å². The van der Waals surface area contributed by atoms with E-state index in [1.807, 2.05) is 54.8 Å². The van der Waals surface area contributed by atoms with Crippen molar-refractivity contribution < 1.29 is 0 Å². The second-order valence-corrected chi connectivity index (χ2v) is 5.72. The summed E-state index contributed by atoms with van der Waals surface area (Å²) in [7, 11) is 0. The first-order valence-electron chi connectivity index (χ1n) is 7.12. The van der Waals surface area contributed by atoms with Gasteiger partial charge in [0.1, 0.15) is 0 Å². The first-order valence-corrected chi connectivity index (χ1v) is 7.12. The van der Waals surface area contributed by atoms with E-state index in [0.717, 1.165) is 24.1 Å². The Hall–Kier alpha value is -1.87.